The summed E-state index contributed by atoms with van der Waals surface area (Å²) in [6, 6.07) is 4.12. The average molecular weight is 403 g/mol. The predicted octanol–water partition coefficient (Wildman–Crippen LogP) is 3.44. The number of unbranched alkanes of at least 4 members (excludes halogenated alkanes) is 1. The van der Waals surface area contributed by atoms with E-state index in [0.717, 1.165) is 30.2 Å². The second-order valence-corrected chi connectivity index (χ2v) is 7.32. The lowest BCUT2D eigenvalue weighted by Crippen LogP contribution is -2.46. The second-order valence-electron chi connectivity index (χ2n) is 7.32. The summed E-state index contributed by atoms with van der Waals surface area (Å²) in [5.41, 5.74) is 1.59. The maximum atomic E-state index is 12.2. The lowest BCUT2D eigenvalue weighted by molar-refractivity contribution is -0.143. The number of hydrogen-bond acceptors (Lipinski definition) is 5. The molecule has 2 N–H and O–H groups in total. The van der Waals surface area contributed by atoms with Gasteiger partial charge in [-0.3, -0.25) is 4.79 Å². The van der Waals surface area contributed by atoms with Crippen LogP contribution in [0.4, 0.5) is 0 Å². The SMILES string of the molecule is CCCCc1cc(=O)oc2c(C)c(OCC(=O)NC(C(=O)O)C(C)CC)ccc12. The molecule has 0 spiro atoms. The lowest BCUT2D eigenvalue weighted by Gasteiger charge is -2.20. The second kappa shape index (κ2) is 10.1. The average Bonchev–Trinajstić information content (AvgIpc) is 2.69. The highest BCUT2D eigenvalue weighted by Gasteiger charge is 2.25. The minimum absolute atomic E-state index is 0.199. The van der Waals surface area contributed by atoms with Crippen molar-refractivity contribution in [2.24, 2.45) is 5.92 Å². The molecule has 0 fully saturated rings. The summed E-state index contributed by atoms with van der Waals surface area (Å²) in [5.74, 6) is -1.38. The molecule has 1 aromatic heterocycles. The molecule has 7 heteroatoms. The number of amides is 1. The molecule has 0 bridgehead atoms. The summed E-state index contributed by atoms with van der Waals surface area (Å²) in [4.78, 5) is 35.5. The number of aliphatic carboxylic acids is 1. The van der Waals surface area contributed by atoms with E-state index in [1.54, 1.807) is 19.9 Å². The van der Waals surface area contributed by atoms with E-state index < -0.39 is 23.5 Å². The minimum Gasteiger partial charge on any atom is -0.483 e. The Morgan fingerprint density at radius 1 is 1.28 bits per heavy atom. The van der Waals surface area contributed by atoms with E-state index in [1.807, 2.05) is 13.0 Å². The van der Waals surface area contributed by atoms with Crippen LogP contribution in [0.2, 0.25) is 0 Å². The number of nitrogens with one attached hydrogen (secondary N) is 1. The molecule has 0 aliphatic rings. The van der Waals surface area contributed by atoms with Crippen molar-refractivity contribution in [1.29, 1.82) is 0 Å². The number of carbonyl (C=O) groups excluding carboxylic acids is 1. The van der Waals surface area contributed by atoms with E-state index in [4.69, 9.17) is 9.15 Å². The summed E-state index contributed by atoms with van der Waals surface area (Å²) in [5, 5.41) is 12.6. The summed E-state index contributed by atoms with van der Waals surface area (Å²) in [6.07, 6.45) is 3.40. The zero-order chi connectivity index (χ0) is 21.6. The van der Waals surface area contributed by atoms with Crippen LogP contribution in [0.15, 0.2) is 27.4 Å². The molecule has 2 atom stereocenters. The molecule has 0 aliphatic heterocycles. The van der Waals surface area contributed by atoms with Crippen LogP contribution in [-0.4, -0.2) is 29.6 Å². The third kappa shape index (κ3) is 5.59. The number of carboxylic acids is 1. The van der Waals surface area contributed by atoms with Crippen molar-refractivity contribution in [2.75, 3.05) is 6.61 Å². The van der Waals surface area contributed by atoms with Gasteiger partial charge in [-0.2, -0.15) is 0 Å². The highest BCUT2D eigenvalue weighted by molar-refractivity contribution is 5.86. The summed E-state index contributed by atoms with van der Waals surface area (Å²) >= 11 is 0. The van der Waals surface area contributed by atoms with Gasteiger partial charge >= 0.3 is 11.6 Å². The van der Waals surface area contributed by atoms with E-state index >= 15 is 0 Å². The Bertz CT molecular complexity index is 933. The van der Waals surface area contributed by atoms with E-state index in [0.29, 0.717) is 23.3 Å². The molecule has 2 unspecified atom stereocenters. The van der Waals surface area contributed by atoms with E-state index in [9.17, 15) is 19.5 Å². The van der Waals surface area contributed by atoms with Crippen LogP contribution in [0.25, 0.3) is 11.0 Å². The third-order valence-corrected chi connectivity index (χ3v) is 5.15. The maximum Gasteiger partial charge on any atom is 0.336 e. The summed E-state index contributed by atoms with van der Waals surface area (Å²) in [6.45, 7) is 7.16. The van der Waals surface area contributed by atoms with Gasteiger partial charge in [0, 0.05) is 17.0 Å². The van der Waals surface area contributed by atoms with Gasteiger partial charge < -0.3 is 19.6 Å². The van der Waals surface area contributed by atoms with Crippen molar-refractivity contribution in [3.63, 3.8) is 0 Å². The van der Waals surface area contributed by atoms with Gasteiger partial charge in [0.05, 0.1) is 0 Å². The van der Waals surface area contributed by atoms with Gasteiger partial charge in [-0.15, -0.1) is 0 Å². The van der Waals surface area contributed by atoms with Gasteiger partial charge in [-0.25, -0.2) is 9.59 Å². The van der Waals surface area contributed by atoms with Gasteiger partial charge in [0.25, 0.3) is 5.91 Å². The molecule has 158 valence electrons. The molecule has 1 aromatic carbocycles. The smallest absolute Gasteiger partial charge is 0.336 e. The first kappa shape index (κ1) is 22.5. The monoisotopic (exact) mass is 403 g/mol. The molecule has 0 saturated heterocycles. The Morgan fingerprint density at radius 2 is 2.00 bits per heavy atom. The Morgan fingerprint density at radius 3 is 2.62 bits per heavy atom. The molecule has 0 saturated carbocycles. The molecule has 2 aromatic rings. The molecule has 0 aliphatic carbocycles. The molecule has 0 radical (unpaired) electrons. The van der Waals surface area contributed by atoms with Crippen molar-refractivity contribution in [3.8, 4) is 5.75 Å². The van der Waals surface area contributed by atoms with Gasteiger partial charge in [-0.05, 0) is 43.4 Å². The van der Waals surface area contributed by atoms with Crippen LogP contribution in [0.5, 0.6) is 5.75 Å². The van der Waals surface area contributed by atoms with Crippen LogP contribution in [0, 0.1) is 12.8 Å². The van der Waals surface area contributed by atoms with Crippen molar-refractivity contribution in [2.45, 2.75) is 59.4 Å². The zero-order valence-corrected chi connectivity index (χ0v) is 17.4. The predicted molar refractivity (Wildman–Crippen MR) is 110 cm³/mol. The highest BCUT2D eigenvalue weighted by atomic mass is 16.5. The topological polar surface area (TPSA) is 106 Å². The number of aryl methyl sites for hydroxylation is 2. The molecular formula is C22H29NO6. The van der Waals surface area contributed by atoms with Crippen LogP contribution in [-0.2, 0) is 16.0 Å². The van der Waals surface area contributed by atoms with Crippen molar-refractivity contribution in [3.05, 3.63) is 39.7 Å². The number of fused-ring (bicyclic) bond motifs is 1. The first-order chi connectivity index (χ1) is 13.8. The number of hydrogen-bond donors (Lipinski definition) is 2. The molecule has 2 rings (SSSR count). The van der Waals surface area contributed by atoms with Crippen LogP contribution in [0.1, 0.15) is 51.2 Å². The molecular weight excluding hydrogens is 374 g/mol. The van der Waals surface area contributed by atoms with Crippen molar-refractivity contribution < 1.29 is 23.8 Å². The fourth-order valence-electron chi connectivity index (χ4n) is 3.18. The van der Waals surface area contributed by atoms with Crippen LogP contribution < -0.4 is 15.7 Å². The first-order valence-electron chi connectivity index (χ1n) is 9.99. The fourth-order valence-corrected chi connectivity index (χ4v) is 3.18. The van der Waals surface area contributed by atoms with E-state index in [1.165, 1.54) is 6.07 Å². The number of ether oxygens (including phenoxy) is 1. The number of rotatable bonds is 10. The number of benzene rings is 1. The zero-order valence-electron chi connectivity index (χ0n) is 17.4. The molecule has 7 nitrogen and oxygen atoms in total. The summed E-state index contributed by atoms with van der Waals surface area (Å²) in [7, 11) is 0. The molecule has 1 heterocycles. The van der Waals surface area contributed by atoms with Gasteiger partial charge in [0.2, 0.25) is 0 Å². The molecule has 1 amide bonds. The maximum absolute atomic E-state index is 12.2. The Hall–Kier alpha value is -2.83. The quantitative estimate of drug-likeness (QED) is 0.589. The third-order valence-electron chi connectivity index (χ3n) is 5.15. The fraction of sp³-hybridized carbons (Fsp3) is 0.500. The molecule has 29 heavy (non-hydrogen) atoms. The lowest BCUT2D eigenvalue weighted by atomic mass is 9.99. The normalized spacial score (nSPS) is 13.1. The van der Waals surface area contributed by atoms with Crippen molar-refractivity contribution in [1.82, 2.24) is 5.32 Å². The Kier molecular flexibility index (Phi) is 7.82. The van der Waals surface area contributed by atoms with E-state index in [-0.39, 0.29) is 12.5 Å². The Labute approximate surface area is 170 Å². The van der Waals surface area contributed by atoms with Crippen LogP contribution >= 0.6 is 0 Å². The van der Waals surface area contributed by atoms with E-state index in [2.05, 4.69) is 12.2 Å². The van der Waals surface area contributed by atoms with Crippen LogP contribution in [0.3, 0.4) is 0 Å². The van der Waals surface area contributed by atoms with Gasteiger partial charge in [0.1, 0.15) is 17.4 Å². The Balaban J connectivity index is 2.18. The first-order valence-corrected chi connectivity index (χ1v) is 9.99. The summed E-state index contributed by atoms with van der Waals surface area (Å²) < 4.78 is 11.0. The number of carboxylic acid groups (broad SMARTS) is 1. The standard InChI is InChI=1S/C22H29NO6/c1-5-7-8-15-11-19(25)29-21-14(4)17(10-9-16(15)21)28-12-18(24)23-20(22(26)27)13(3)6-2/h9-11,13,20H,5-8,12H2,1-4H3,(H,23,24)(H,26,27). The largest absolute Gasteiger partial charge is 0.483 e. The van der Waals surface area contributed by atoms with Gasteiger partial charge in [0.15, 0.2) is 6.61 Å². The highest BCUT2D eigenvalue weighted by Crippen LogP contribution is 2.29. The number of carbonyl (C=O) groups is 2. The minimum atomic E-state index is -1.07. The van der Waals surface area contributed by atoms with Crippen molar-refractivity contribution >= 4 is 22.8 Å². The van der Waals surface area contributed by atoms with Gasteiger partial charge in [-0.1, -0.05) is 33.6 Å².